The minimum atomic E-state index is -0.263. The molecule has 1 aromatic heterocycles. The Kier molecular flexibility index (Phi) is 4.80. The van der Waals surface area contributed by atoms with Crippen molar-refractivity contribution in [2.24, 2.45) is 0 Å². The van der Waals surface area contributed by atoms with E-state index in [1.165, 1.54) is 24.5 Å². The molecule has 1 atom stereocenters. The zero-order chi connectivity index (χ0) is 13.8. The van der Waals surface area contributed by atoms with Crippen LogP contribution in [0.3, 0.4) is 0 Å². The third-order valence-electron chi connectivity index (χ3n) is 2.97. The summed E-state index contributed by atoms with van der Waals surface area (Å²) in [5.74, 6) is 0.261. The first-order valence-electron chi connectivity index (χ1n) is 5.89. The maximum atomic E-state index is 14.0. The molecule has 5 heteroatoms. The van der Waals surface area contributed by atoms with Gasteiger partial charge in [0.2, 0.25) is 0 Å². The zero-order valence-electron chi connectivity index (χ0n) is 10.7. The van der Waals surface area contributed by atoms with E-state index in [0.29, 0.717) is 17.7 Å². The van der Waals surface area contributed by atoms with Crippen molar-refractivity contribution in [3.05, 3.63) is 50.9 Å². The Balaban J connectivity index is 2.21. The van der Waals surface area contributed by atoms with E-state index in [9.17, 15) is 4.39 Å². The van der Waals surface area contributed by atoms with E-state index in [4.69, 9.17) is 16.3 Å². The third-order valence-corrected chi connectivity index (χ3v) is 4.22. The lowest BCUT2D eigenvalue weighted by atomic mass is 10.0. The molecule has 0 aliphatic heterocycles. The summed E-state index contributed by atoms with van der Waals surface area (Å²) in [4.78, 5) is 1.12. The molecule has 2 aromatic rings. The van der Waals surface area contributed by atoms with Gasteiger partial charge in [0.25, 0.3) is 0 Å². The lowest BCUT2D eigenvalue weighted by Crippen LogP contribution is -2.19. The molecule has 0 amide bonds. The number of likely N-dealkylation sites (N-methyl/N-ethyl adjacent to an activating group) is 1. The SMILES string of the molecule is CNC(Cc1ccc(Cl)s1)c1ccc(OC)cc1F. The normalized spacial score (nSPS) is 12.4. The second-order valence-electron chi connectivity index (χ2n) is 4.14. The van der Waals surface area contributed by atoms with Crippen molar-refractivity contribution in [1.29, 1.82) is 0 Å². The van der Waals surface area contributed by atoms with Crippen LogP contribution in [0.25, 0.3) is 0 Å². The molecule has 0 saturated heterocycles. The van der Waals surface area contributed by atoms with Gasteiger partial charge in [-0.2, -0.15) is 0 Å². The van der Waals surface area contributed by atoms with Gasteiger partial charge >= 0.3 is 0 Å². The molecule has 0 aliphatic rings. The summed E-state index contributed by atoms with van der Waals surface area (Å²) in [5.41, 5.74) is 0.632. The number of rotatable bonds is 5. The molecule has 0 spiro atoms. The van der Waals surface area contributed by atoms with Gasteiger partial charge in [0.05, 0.1) is 11.4 Å². The van der Waals surface area contributed by atoms with E-state index in [-0.39, 0.29) is 11.9 Å². The first kappa shape index (κ1) is 14.3. The second-order valence-corrected chi connectivity index (χ2v) is 5.94. The topological polar surface area (TPSA) is 21.3 Å². The number of hydrogen-bond acceptors (Lipinski definition) is 3. The minimum Gasteiger partial charge on any atom is -0.497 e. The number of methoxy groups -OCH3 is 1. The molecular weight excluding hydrogens is 285 g/mol. The lowest BCUT2D eigenvalue weighted by molar-refractivity contribution is 0.409. The van der Waals surface area contributed by atoms with E-state index < -0.39 is 0 Å². The van der Waals surface area contributed by atoms with E-state index in [2.05, 4.69) is 5.32 Å². The predicted octanol–water partition coefficient (Wildman–Crippen LogP) is 4.05. The van der Waals surface area contributed by atoms with Crippen LogP contribution in [0, 0.1) is 5.82 Å². The van der Waals surface area contributed by atoms with E-state index in [1.54, 1.807) is 12.1 Å². The number of nitrogens with one attached hydrogen (secondary N) is 1. The van der Waals surface area contributed by atoms with Crippen molar-refractivity contribution >= 4 is 22.9 Å². The average Bonchev–Trinajstić information content (AvgIpc) is 2.81. The molecule has 0 fully saturated rings. The minimum absolute atomic E-state index is 0.0828. The van der Waals surface area contributed by atoms with Crippen LogP contribution in [0.4, 0.5) is 4.39 Å². The Labute approximate surface area is 121 Å². The van der Waals surface area contributed by atoms with Crippen LogP contribution in [0.2, 0.25) is 4.34 Å². The summed E-state index contributed by atoms with van der Waals surface area (Å²) in [7, 11) is 3.35. The average molecular weight is 300 g/mol. The second kappa shape index (κ2) is 6.37. The Hall–Kier alpha value is -1.10. The van der Waals surface area contributed by atoms with Crippen LogP contribution in [-0.4, -0.2) is 14.2 Å². The van der Waals surface area contributed by atoms with E-state index >= 15 is 0 Å². The molecule has 0 saturated carbocycles. The molecule has 0 radical (unpaired) electrons. The van der Waals surface area contributed by atoms with Crippen LogP contribution in [-0.2, 0) is 6.42 Å². The van der Waals surface area contributed by atoms with Gasteiger partial charge in [-0.3, -0.25) is 0 Å². The van der Waals surface area contributed by atoms with E-state index in [0.717, 1.165) is 9.21 Å². The number of hydrogen-bond donors (Lipinski definition) is 1. The highest BCUT2D eigenvalue weighted by Crippen LogP contribution is 2.28. The Morgan fingerprint density at radius 1 is 1.37 bits per heavy atom. The molecule has 1 N–H and O–H groups in total. The summed E-state index contributed by atoms with van der Waals surface area (Å²) >= 11 is 7.43. The molecule has 1 aromatic carbocycles. The molecule has 0 aliphatic carbocycles. The molecular formula is C14H15ClFNOS. The highest BCUT2D eigenvalue weighted by atomic mass is 35.5. The molecule has 1 unspecified atom stereocenters. The highest BCUT2D eigenvalue weighted by molar-refractivity contribution is 7.16. The van der Waals surface area contributed by atoms with Gasteiger partial charge in [0, 0.05) is 29.0 Å². The molecule has 2 nitrogen and oxygen atoms in total. The third kappa shape index (κ3) is 3.47. The fourth-order valence-electron chi connectivity index (χ4n) is 1.95. The van der Waals surface area contributed by atoms with E-state index in [1.807, 2.05) is 19.2 Å². The standard InChI is InChI=1S/C14H15ClFNOS/c1-17-13(8-10-4-6-14(15)19-10)11-5-3-9(18-2)7-12(11)16/h3-7,13,17H,8H2,1-2H3. The Bertz CT molecular complexity index is 558. The quantitative estimate of drug-likeness (QED) is 0.899. The maximum Gasteiger partial charge on any atom is 0.131 e. The number of ether oxygens (including phenoxy) is 1. The van der Waals surface area contributed by atoms with Gasteiger partial charge in [-0.1, -0.05) is 17.7 Å². The van der Waals surface area contributed by atoms with Crippen molar-refractivity contribution in [2.45, 2.75) is 12.5 Å². The summed E-state index contributed by atoms with van der Waals surface area (Å²) < 4.78 is 19.8. The van der Waals surface area contributed by atoms with Crippen LogP contribution in [0.5, 0.6) is 5.75 Å². The van der Waals surface area contributed by atoms with Gasteiger partial charge in [-0.15, -0.1) is 11.3 Å². The summed E-state index contributed by atoms with van der Waals surface area (Å²) in [6.45, 7) is 0. The number of benzene rings is 1. The Morgan fingerprint density at radius 2 is 2.16 bits per heavy atom. The molecule has 0 bridgehead atoms. The molecule has 102 valence electrons. The summed E-state index contributed by atoms with van der Waals surface area (Å²) in [5, 5.41) is 3.14. The fourth-order valence-corrected chi connectivity index (χ4v) is 3.08. The summed E-state index contributed by atoms with van der Waals surface area (Å²) in [6.07, 6.45) is 0.705. The predicted molar refractivity (Wildman–Crippen MR) is 77.8 cm³/mol. The molecule has 2 rings (SSSR count). The van der Waals surface area contributed by atoms with Gasteiger partial charge in [-0.25, -0.2) is 4.39 Å². The van der Waals surface area contributed by atoms with Gasteiger partial charge in [0.15, 0.2) is 0 Å². The van der Waals surface area contributed by atoms with Crippen molar-refractivity contribution < 1.29 is 9.13 Å². The molecule has 19 heavy (non-hydrogen) atoms. The van der Waals surface area contributed by atoms with Gasteiger partial charge in [-0.05, 0) is 25.2 Å². The zero-order valence-corrected chi connectivity index (χ0v) is 12.3. The van der Waals surface area contributed by atoms with Crippen LogP contribution >= 0.6 is 22.9 Å². The van der Waals surface area contributed by atoms with Gasteiger partial charge in [0.1, 0.15) is 11.6 Å². The van der Waals surface area contributed by atoms with Crippen LogP contribution in [0.1, 0.15) is 16.5 Å². The number of halogens is 2. The first-order valence-corrected chi connectivity index (χ1v) is 7.08. The van der Waals surface area contributed by atoms with Crippen molar-refractivity contribution in [1.82, 2.24) is 5.32 Å². The van der Waals surface area contributed by atoms with Crippen molar-refractivity contribution in [2.75, 3.05) is 14.2 Å². The maximum absolute atomic E-state index is 14.0. The number of thiophene rings is 1. The first-order chi connectivity index (χ1) is 9.13. The monoisotopic (exact) mass is 299 g/mol. The fraction of sp³-hybridized carbons (Fsp3) is 0.286. The smallest absolute Gasteiger partial charge is 0.131 e. The highest BCUT2D eigenvalue weighted by Gasteiger charge is 2.16. The summed E-state index contributed by atoms with van der Waals surface area (Å²) in [6, 6.07) is 8.67. The van der Waals surface area contributed by atoms with Crippen LogP contribution in [0.15, 0.2) is 30.3 Å². The Morgan fingerprint density at radius 3 is 2.68 bits per heavy atom. The largest absolute Gasteiger partial charge is 0.497 e. The van der Waals surface area contributed by atoms with Crippen molar-refractivity contribution in [3.8, 4) is 5.75 Å². The van der Waals surface area contributed by atoms with Crippen molar-refractivity contribution in [3.63, 3.8) is 0 Å². The lowest BCUT2D eigenvalue weighted by Gasteiger charge is -2.17. The molecule has 1 heterocycles. The van der Waals surface area contributed by atoms with Gasteiger partial charge < -0.3 is 10.1 Å². The van der Waals surface area contributed by atoms with Crippen LogP contribution < -0.4 is 10.1 Å².